The van der Waals surface area contributed by atoms with E-state index in [-0.39, 0.29) is 12.4 Å². The summed E-state index contributed by atoms with van der Waals surface area (Å²) in [6.45, 7) is 0.281. The number of benzene rings is 1. The van der Waals surface area contributed by atoms with Gasteiger partial charge in [-0.25, -0.2) is 10.7 Å². The molecule has 0 saturated carbocycles. The molecule has 1 aromatic carbocycles. The molecule has 3 N–H and O–H groups in total. The molecule has 0 saturated heterocycles. The average molecular weight is 207 g/mol. The number of aromatic carboxylic acids is 1. The van der Waals surface area contributed by atoms with E-state index in [2.05, 4.69) is 4.84 Å². The Kier molecular flexibility index (Phi) is 2.40. The standard InChI is InChI=1S/C10H9NO4/c11-14-5-6-1-2-8-7(3-6)4-9(15-8)10(12)13/h1-4H,5,11H2,(H,12,13). The Morgan fingerprint density at radius 2 is 2.27 bits per heavy atom. The van der Waals surface area contributed by atoms with E-state index in [4.69, 9.17) is 15.4 Å². The van der Waals surface area contributed by atoms with Crippen LogP contribution >= 0.6 is 0 Å². The Morgan fingerprint density at radius 3 is 2.93 bits per heavy atom. The van der Waals surface area contributed by atoms with Crippen molar-refractivity contribution in [2.75, 3.05) is 0 Å². The van der Waals surface area contributed by atoms with Crippen molar-refractivity contribution in [2.45, 2.75) is 6.61 Å². The molecule has 2 rings (SSSR count). The lowest BCUT2D eigenvalue weighted by Crippen LogP contribution is -1.98. The van der Waals surface area contributed by atoms with E-state index in [1.807, 2.05) is 0 Å². The highest BCUT2D eigenvalue weighted by molar-refractivity contribution is 5.91. The average Bonchev–Trinajstić information content (AvgIpc) is 2.61. The van der Waals surface area contributed by atoms with Gasteiger partial charge in [0, 0.05) is 5.39 Å². The number of fused-ring (bicyclic) bond motifs is 1. The van der Waals surface area contributed by atoms with E-state index in [0.717, 1.165) is 10.9 Å². The molecule has 0 atom stereocenters. The molecule has 0 bridgehead atoms. The Hall–Kier alpha value is -1.85. The molecule has 0 amide bonds. The van der Waals surface area contributed by atoms with E-state index in [0.29, 0.717) is 5.58 Å². The van der Waals surface area contributed by atoms with E-state index < -0.39 is 5.97 Å². The van der Waals surface area contributed by atoms with Crippen LogP contribution < -0.4 is 5.90 Å². The Labute approximate surface area is 85.0 Å². The molecule has 0 fully saturated rings. The maximum Gasteiger partial charge on any atom is 0.371 e. The predicted molar refractivity (Wildman–Crippen MR) is 52.1 cm³/mol. The summed E-state index contributed by atoms with van der Waals surface area (Å²) in [7, 11) is 0. The first kappa shape index (κ1) is 9.70. The minimum atomic E-state index is -1.08. The van der Waals surface area contributed by atoms with Crippen LogP contribution in [0, 0.1) is 0 Å². The monoisotopic (exact) mass is 207 g/mol. The molecule has 5 nitrogen and oxygen atoms in total. The van der Waals surface area contributed by atoms with Gasteiger partial charge in [0.1, 0.15) is 5.58 Å². The first-order chi connectivity index (χ1) is 7.20. The van der Waals surface area contributed by atoms with Crippen LogP contribution in [0.15, 0.2) is 28.7 Å². The molecule has 0 unspecified atom stereocenters. The number of carbonyl (C=O) groups is 1. The molecular formula is C10H9NO4. The van der Waals surface area contributed by atoms with Gasteiger partial charge in [-0.1, -0.05) is 6.07 Å². The van der Waals surface area contributed by atoms with Crippen molar-refractivity contribution in [1.82, 2.24) is 0 Å². The predicted octanol–water partition coefficient (Wildman–Crippen LogP) is 1.52. The smallest absolute Gasteiger partial charge is 0.371 e. The van der Waals surface area contributed by atoms with Gasteiger partial charge >= 0.3 is 5.97 Å². The number of carboxylic acids is 1. The van der Waals surface area contributed by atoms with Gasteiger partial charge < -0.3 is 9.52 Å². The molecule has 0 aliphatic carbocycles. The van der Waals surface area contributed by atoms with Crippen LogP contribution in [0.25, 0.3) is 11.0 Å². The van der Waals surface area contributed by atoms with Crippen LogP contribution in [0.1, 0.15) is 16.1 Å². The summed E-state index contributed by atoms with van der Waals surface area (Å²) in [5, 5.41) is 9.44. The van der Waals surface area contributed by atoms with Crippen LogP contribution in [0.2, 0.25) is 0 Å². The second-order valence-corrected chi connectivity index (χ2v) is 3.10. The highest BCUT2D eigenvalue weighted by atomic mass is 16.6. The zero-order valence-electron chi connectivity index (χ0n) is 7.77. The Bertz CT molecular complexity index is 503. The zero-order valence-corrected chi connectivity index (χ0v) is 7.77. The molecule has 0 radical (unpaired) electrons. The molecule has 5 heteroatoms. The first-order valence-corrected chi connectivity index (χ1v) is 4.28. The number of rotatable bonds is 3. The third-order valence-electron chi connectivity index (χ3n) is 2.04. The Morgan fingerprint density at radius 1 is 1.47 bits per heavy atom. The van der Waals surface area contributed by atoms with E-state index in [1.165, 1.54) is 6.07 Å². The Balaban J connectivity index is 2.47. The van der Waals surface area contributed by atoms with Gasteiger partial charge in [-0.2, -0.15) is 0 Å². The molecule has 15 heavy (non-hydrogen) atoms. The summed E-state index contributed by atoms with van der Waals surface area (Å²) < 4.78 is 5.09. The lowest BCUT2D eigenvalue weighted by molar-refractivity contribution is 0.0665. The second-order valence-electron chi connectivity index (χ2n) is 3.10. The molecule has 0 aliphatic rings. The van der Waals surface area contributed by atoms with Gasteiger partial charge in [-0.05, 0) is 23.8 Å². The number of carboxylic acid groups (broad SMARTS) is 1. The molecule has 2 aromatic rings. The summed E-state index contributed by atoms with van der Waals surface area (Å²) in [5.41, 5.74) is 1.40. The van der Waals surface area contributed by atoms with E-state index >= 15 is 0 Å². The van der Waals surface area contributed by atoms with Crippen LogP contribution in [0.5, 0.6) is 0 Å². The lowest BCUT2D eigenvalue weighted by atomic mass is 10.2. The SMILES string of the molecule is NOCc1ccc2oc(C(=O)O)cc2c1. The highest BCUT2D eigenvalue weighted by Crippen LogP contribution is 2.20. The fraction of sp³-hybridized carbons (Fsp3) is 0.100. The van der Waals surface area contributed by atoms with Gasteiger partial charge in [0.25, 0.3) is 0 Å². The maximum atomic E-state index is 10.6. The normalized spacial score (nSPS) is 10.7. The van der Waals surface area contributed by atoms with Crippen molar-refractivity contribution in [3.8, 4) is 0 Å². The lowest BCUT2D eigenvalue weighted by Gasteiger charge is -1.97. The summed E-state index contributed by atoms with van der Waals surface area (Å²) in [6.07, 6.45) is 0. The van der Waals surface area contributed by atoms with Crippen molar-refractivity contribution in [2.24, 2.45) is 5.90 Å². The van der Waals surface area contributed by atoms with Gasteiger partial charge in [-0.3, -0.25) is 4.84 Å². The third-order valence-corrected chi connectivity index (χ3v) is 2.04. The van der Waals surface area contributed by atoms with Crippen molar-refractivity contribution in [3.05, 3.63) is 35.6 Å². The molecule has 0 aliphatic heterocycles. The van der Waals surface area contributed by atoms with E-state index in [9.17, 15) is 4.79 Å². The number of nitrogens with two attached hydrogens (primary N) is 1. The second kappa shape index (κ2) is 3.72. The van der Waals surface area contributed by atoms with Crippen LogP contribution in [0.3, 0.4) is 0 Å². The fourth-order valence-electron chi connectivity index (χ4n) is 1.38. The zero-order chi connectivity index (χ0) is 10.8. The minimum absolute atomic E-state index is 0.0733. The molecular weight excluding hydrogens is 198 g/mol. The van der Waals surface area contributed by atoms with Gasteiger partial charge in [0.2, 0.25) is 5.76 Å². The van der Waals surface area contributed by atoms with Crippen LogP contribution in [0.4, 0.5) is 0 Å². The minimum Gasteiger partial charge on any atom is -0.475 e. The fourth-order valence-corrected chi connectivity index (χ4v) is 1.38. The summed E-state index contributed by atoms with van der Waals surface area (Å²) >= 11 is 0. The summed E-state index contributed by atoms with van der Waals surface area (Å²) in [5.74, 6) is 3.79. The highest BCUT2D eigenvalue weighted by Gasteiger charge is 2.10. The van der Waals surface area contributed by atoms with Crippen molar-refractivity contribution in [1.29, 1.82) is 0 Å². The number of hydrogen-bond donors (Lipinski definition) is 2. The first-order valence-electron chi connectivity index (χ1n) is 4.28. The van der Waals surface area contributed by atoms with Crippen LogP contribution in [-0.4, -0.2) is 11.1 Å². The molecule has 78 valence electrons. The van der Waals surface area contributed by atoms with E-state index in [1.54, 1.807) is 18.2 Å². The molecule has 1 heterocycles. The van der Waals surface area contributed by atoms with Crippen molar-refractivity contribution >= 4 is 16.9 Å². The van der Waals surface area contributed by atoms with Gasteiger partial charge in [-0.15, -0.1) is 0 Å². The maximum absolute atomic E-state index is 10.6. The topological polar surface area (TPSA) is 85.7 Å². The number of hydrogen-bond acceptors (Lipinski definition) is 4. The largest absolute Gasteiger partial charge is 0.475 e. The summed E-state index contributed by atoms with van der Waals surface area (Å²) in [6, 6.07) is 6.70. The van der Waals surface area contributed by atoms with Gasteiger partial charge in [0.15, 0.2) is 0 Å². The third kappa shape index (κ3) is 1.83. The van der Waals surface area contributed by atoms with Crippen molar-refractivity contribution < 1.29 is 19.2 Å². The summed E-state index contributed by atoms with van der Waals surface area (Å²) in [4.78, 5) is 15.1. The number of furan rings is 1. The van der Waals surface area contributed by atoms with Crippen molar-refractivity contribution in [3.63, 3.8) is 0 Å². The molecule has 0 spiro atoms. The van der Waals surface area contributed by atoms with Crippen LogP contribution in [-0.2, 0) is 11.4 Å². The molecule has 1 aromatic heterocycles. The quantitative estimate of drug-likeness (QED) is 0.745. The van der Waals surface area contributed by atoms with Gasteiger partial charge in [0.05, 0.1) is 6.61 Å².